The number of carbonyl (C=O) groups is 1. The predicted molar refractivity (Wildman–Crippen MR) is 76.3 cm³/mol. The van der Waals surface area contributed by atoms with Crippen LogP contribution in [0.3, 0.4) is 0 Å². The summed E-state index contributed by atoms with van der Waals surface area (Å²) in [6, 6.07) is 3.68. The number of nitrogens with zero attached hydrogens (tertiary/aromatic N) is 1. The minimum absolute atomic E-state index is 0.103. The molecule has 2 N–H and O–H groups in total. The van der Waals surface area contributed by atoms with Crippen molar-refractivity contribution in [3.05, 3.63) is 41.1 Å². The molecule has 1 amide bonds. The first kappa shape index (κ1) is 17.1. The number of hydrogen-bond donors (Lipinski definition) is 2. The number of amides is 1. The molecule has 126 valence electrons. The Hall–Kier alpha value is -2.22. The summed E-state index contributed by atoms with van der Waals surface area (Å²) >= 11 is 0. The third-order valence-electron chi connectivity index (χ3n) is 3.47. The number of hydrogen-bond acceptors (Lipinski definition) is 4. The molecule has 0 saturated heterocycles. The number of ether oxygens (including phenoxy) is 1. The summed E-state index contributed by atoms with van der Waals surface area (Å²) in [4.78, 5) is 12.0. The maximum absolute atomic E-state index is 12.9. The quantitative estimate of drug-likeness (QED) is 0.891. The van der Waals surface area contributed by atoms with Gasteiger partial charge in [-0.3, -0.25) is 4.79 Å². The van der Waals surface area contributed by atoms with Crippen LogP contribution in [0.2, 0.25) is 0 Å². The van der Waals surface area contributed by atoms with Crippen LogP contribution in [0.15, 0.2) is 24.4 Å². The Morgan fingerprint density at radius 1 is 1.30 bits per heavy atom. The highest BCUT2D eigenvalue weighted by molar-refractivity contribution is 5.79. The number of rotatable bonds is 3. The zero-order valence-corrected chi connectivity index (χ0v) is 12.9. The first-order valence-corrected chi connectivity index (χ1v) is 6.83. The lowest BCUT2D eigenvalue weighted by atomic mass is 10.1. The van der Waals surface area contributed by atoms with Gasteiger partial charge in [-0.2, -0.15) is 13.2 Å². The van der Waals surface area contributed by atoms with E-state index in [-0.39, 0.29) is 5.01 Å². The first-order valence-electron chi connectivity index (χ1n) is 6.83. The Morgan fingerprint density at radius 3 is 2.39 bits per heavy atom. The molecule has 1 aliphatic rings. The second-order valence-electron chi connectivity index (χ2n) is 5.43. The largest absolute Gasteiger partial charge is 0.483 e. The summed E-state index contributed by atoms with van der Waals surface area (Å²) in [7, 11) is 0. The Kier molecular flexibility index (Phi) is 4.30. The van der Waals surface area contributed by atoms with Crippen LogP contribution in [0.4, 0.5) is 13.2 Å². The van der Waals surface area contributed by atoms with Crippen LogP contribution in [0.1, 0.15) is 16.7 Å². The van der Waals surface area contributed by atoms with E-state index in [4.69, 9.17) is 4.74 Å². The molecule has 0 bridgehead atoms. The normalized spacial score (nSPS) is 20.6. The van der Waals surface area contributed by atoms with Gasteiger partial charge in [0.1, 0.15) is 5.75 Å². The molecule has 0 radical (unpaired) electrons. The number of halogens is 3. The van der Waals surface area contributed by atoms with Crippen molar-refractivity contribution < 1.29 is 27.8 Å². The summed E-state index contributed by atoms with van der Waals surface area (Å²) in [6.07, 6.45) is -3.71. The molecule has 8 heteroatoms. The Balaban J connectivity index is 2.12. The van der Waals surface area contributed by atoms with Crippen LogP contribution < -0.4 is 10.2 Å². The van der Waals surface area contributed by atoms with Crippen molar-refractivity contribution in [2.24, 2.45) is 0 Å². The highest BCUT2D eigenvalue weighted by Crippen LogP contribution is 2.36. The van der Waals surface area contributed by atoms with Gasteiger partial charge in [0, 0.05) is 6.20 Å². The number of aryl methyl sites for hydroxylation is 3. The molecule has 0 fully saturated rings. The minimum atomic E-state index is -5.03. The maximum Gasteiger partial charge on any atom is 0.442 e. The molecule has 1 aromatic rings. The summed E-state index contributed by atoms with van der Waals surface area (Å²) < 4.78 is 44.1. The van der Waals surface area contributed by atoms with Crippen molar-refractivity contribution in [1.82, 2.24) is 10.4 Å². The molecule has 0 saturated carbocycles. The second-order valence-corrected chi connectivity index (χ2v) is 5.43. The SMILES string of the molecule is Cc1cc(C)c(OCC(=O)N2NC=C[C@]2(O)C(F)(F)F)c(C)c1. The van der Waals surface area contributed by atoms with Gasteiger partial charge in [0.25, 0.3) is 11.6 Å². The lowest BCUT2D eigenvalue weighted by Crippen LogP contribution is -2.61. The molecule has 1 aliphatic heterocycles. The fourth-order valence-corrected chi connectivity index (χ4v) is 2.48. The molecule has 0 aliphatic carbocycles. The van der Waals surface area contributed by atoms with Crippen molar-refractivity contribution >= 4 is 5.91 Å². The van der Waals surface area contributed by atoms with Gasteiger partial charge in [-0.25, -0.2) is 5.01 Å². The van der Waals surface area contributed by atoms with Gasteiger partial charge in [-0.1, -0.05) is 17.7 Å². The Bertz CT molecular complexity index is 635. The summed E-state index contributed by atoms with van der Waals surface area (Å²) in [5.74, 6) is -0.610. The third-order valence-corrected chi connectivity index (χ3v) is 3.47. The van der Waals surface area contributed by atoms with E-state index in [1.165, 1.54) is 0 Å². The van der Waals surface area contributed by atoms with E-state index >= 15 is 0 Å². The van der Waals surface area contributed by atoms with Gasteiger partial charge in [-0.05, 0) is 38.0 Å². The molecule has 23 heavy (non-hydrogen) atoms. The molecule has 0 unspecified atom stereocenters. The summed E-state index contributed by atoms with van der Waals surface area (Å²) in [5, 5.41) is 9.78. The van der Waals surface area contributed by atoms with Crippen LogP contribution in [0.5, 0.6) is 5.75 Å². The van der Waals surface area contributed by atoms with Gasteiger partial charge < -0.3 is 15.3 Å². The molecule has 1 aromatic carbocycles. The number of hydrazine groups is 1. The van der Waals surface area contributed by atoms with E-state index in [0.29, 0.717) is 11.8 Å². The minimum Gasteiger partial charge on any atom is -0.483 e. The molecule has 0 aromatic heterocycles. The van der Waals surface area contributed by atoms with E-state index in [1.54, 1.807) is 13.8 Å². The number of alkyl halides is 3. The predicted octanol–water partition coefficient (Wildman–Crippen LogP) is 2.10. The molecule has 2 rings (SSSR count). The van der Waals surface area contributed by atoms with E-state index in [0.717, 1.165) is 22.9 Å². The van der Waals surface area contributed by atoms with E-state index in [1.807, 2.05) is 19.1 Å². The van der Waals surface area contributed by atoms with Crippen LogP contribution in [-0.2, 0) is 4.79 Å². The topological polar surface area (TPSA) is 61.8 Å². The lowest BCUT2D eigenvalue weighted by Gasteiger charge is -2.33. The fourth-order valence-electron chi connectivity index (χ4n) is 2.48. The average Bonchev–Trinajstić information content (AvgIpc) is 2.80. The number of carbonyl (C=O) groups excluding carboxylic acids is 1. The van der Waals surface area contributed by atoms with Crippen molar-refractivity contribution in [2.75, 3.05) is 6.61 Å². The summed E-state index contributed by atoms with van der Waals surface area (Å²) in [5.41, 5.74) is 1.25. The van der Waals surface area contributed by atoms with Crippen LogP contribution >= 0.6 is 0 Å². The standard InChI is InChI=1S/C15H17F3N2O3/c1-9-6-10(2)13(11(3)7-9)23-8-12(21)20-14(22,4-5-19-20)15(16,17)18/h4-7,19,22H,8H2,1-3H3/t14-/m0/s1. The second kappa shape index (κ2) is 5.77. The molecular weight excluding hydrogens is 313 g/mol. The van der Waals surface area contributed by atoms with Crippen LogP contribution in [0, 0.1) is 20.8 Å². The molecule has 1 atom stereocenters. The van der Waals surface area contributed by atoms with Crippen molar-refractivity contribution in [3.63, 3.8) is 0 Å². The van der Waals surface area contributed by atoms with Crippen LogP contribution in [-0.4, -0.2) is 34.5 Å². The van der Waals surface area contributed by atoms with E-state index < -0.39 is 24.4 Å². The Morgan fingerprint density at radius 2 is 1.87 bits per heavy atom. The number of nitrogens with one attached hydrogen (secondary N) is 1. The smallest absolute Gasteiger partial charge is 0.442 e. The molecule has 1 heterocycles. The Labute approximate surface area is 131 Å². The van der Waals surface area contributed by atoms with E-state index in [2.05, 4.69) is 5.43 Å². The highest BCUT2D eigenvalue weighted by atomic mass is 19.4. The molecule has 0 spiro atoms. The van der Waals surface area contributed by atoms with Gasteiger partial charge >= 0.3 is 6.18 Å². The molecule has 5 nitrogen and oxygen atoms in total. The van der Waals surface area contributed by atoms with Gasteiger partial charge in [0.05, 0.1) is 0 Å². The highest BCUT2D eigenvalue weighted by Gasteiger charge is 2.60. The molecular formula is C15H17F3N2O3. The van der Waals surface area contributed by atoms with Crippen molar-refractivity contribution in [3.8, 4) is 5.75 Å². The van der Waals surface area contributed by atoms with Gasteiger partial charge in [0.15, 0.2) is 6.61 Å². The third kappa shape index (κ3) is 3.12. The summed E-state index contributed by atoms with van der Waals surface area (Å²) in [6.45, 7) is 4.82. The van der Waals surface area contributed by atoms with Crippen LogP contribution in [0.25, 0.3) is 0 Å². The van der Waals surface area contributed by atoms with E-state index in [9.17, 15) is 23.1 Å². The maximum atomic E-state index is 12.9. The first-order chi connectivity index (χ1) is 10.6. The monoisotopic (exact) mass is 330 g/mol. The zero-order chi connectivity index (χ0) is 17.4. The average molecular weight is 330 g/mol. The number of aliphatic hydroxyl groups is 1. The van der Waals surface area contributed by atoms with Crippen molar-refractivity contribution in [2.45, 2.75) is 32.7 Å². The van der Waals surface area contributed by atoms with Gasteiger partial charge in [-0.15, -0.1) is 0 Å². The van der Waals surface area contributed by atoms with Crippen molar-refractivity contribution in [1.29, 1.82) is 0 Å². The fraction of sp³-hybridized carbons (Fsp3) is 0.400. The van der Waals surface area contributed by atoms with Gasteiger partial charge in [0.2, 0.25) is 0 Å². The zero-order valence-electron chi connectivity index (χ0n) is 12.9. The number of benzene rings is 1. The lowest BCUT2D eigenvalue weighted by molar-refractivity contribution is -0.289.